The van der Waals surface area contributed by atoms with Gasteiger partial charge in [-0.05, 0) is 123 Å². The van der Waals surface area contributed by atoms with E-state index < -0.39 is 24.3 Å². The molecule has 4 saturated heterocycles. The van der Waals surface area contributed by atoms with E-state index in [1.165, 1.54) is 0 Å². The van der Waals surface area contributed by atoms with Gasteiger partial charge in [-0.2, -0.15) is 0 Å². The van der Waals surface area contributed by atoms with Crippen LogP contribution in [-0.4, -0.2) is 116 Å². The molecule has 4 unspecified atom stereocenters. The second-order valence-electron chi connectivity index (χ2n) is 17.5. The zero-order valence-corrected chi connectivity index (χ0v) is 35.7. The Morgan fingerprint density at radius 1 is 0.651 bits per heavy atom. The van der Waals surface area contributed by atoms with Crippen LogP contribution in [0.4, 0.5) is 9.59 Å². The number of hydrogen-bond acceptors (Lipinski definition) is 9. The van der Waals surface area contributed by atoms with Gasteiger partial charge in [-0.1, -0.05) is 24.3 Å². The summed E-state index contributed by atoms with van der Waals surface area (Å²) in [5.41, 5.74) is 7.68. The smallest absolute Gasteiger partial charge is 0.405 e. The highest BCUT2D eigenvalue weighted by Crippen LogP contribution is 2.45. The Hall–Kier alpha value is -5.78. The number of nitrogens with zero attached hydrogens (tertiary/aromatic N) is 4. The molecule has 2 aromatic heterocycles. The molecule has 5 aliphatic rings. The van der Waals surface area contributed by atoms with Gasteiger partial charge in [0.15, 0.2) is 0 Å². The number of carbonyl (C=O) groups is 4. The van der Waals surface area contributed by atoms with Crippen molar-refractivity contribution in [3.8, 4) is 33.6 Å². The number of ether oxygens (including phenoxy) is 3. The van der Waals surface area contributed by atoms with E-state index in [0.29, 0.717) is 76.8 Å². The molecule has 334 valence electrons. The molecule has 0 radical (unpaired) electrons. The van der Waals surface area contributed by atoms with Crippen LogP contribution in [0.2, 0.25) is 0 Å². The Kier molecular flexibility index (Phi) is 12.2. The van der Waals surface area contributed by atoms with Gasteiger partial charge in [-0.3, -0.25) is 9.59 Å². The van der Waals surface area contributed by atoms with Crippen LogP contribution in [-0.2, 0) is 23.8 Å². The molecule has 2 aromatic carbocycles. The number of fused-ring (bicyclic) bond motifs is 3. The predicted octanol–water partition coefficient (Wildman–Crippen LogP) is 6.74. The van der Waals surface area contributed by atoms with Crippen molar-refractivity contribution in [3.05, 3.63) is 71.6 Å². The Morgan fingerprint density at radius 2 is 1.06 bits per heavy atom. The average molecular weight is 865 g/mol. The number of aromatic amines is 2. The number of nitrogens with one attached hydrogen (secondary N) is 4. The van der Waals surface area contributed by atoms with Crippen molar-refractivity contribution in [2.75, 3.05) is 39.5 Å². The lowest BCUT2D eigenvalue weighted by Crippen LogP contribution is -2.52. The quantitative estimate of drug-likeness (QED) is 0.0980. The molecule has 7 heterocycles. The summed E-state index contributed by atoms with van der Waals surface area (Å²) in [5.74, 6) is 0.651. The number of aromatic nitrogens is 4. The Bertz CT molecular complexity index is 2170. The number of carbonyl (C=O) groups excluding carboxylic acids is 2. The summed E-state index contributed by atoms with van der Waals surface area (Å²) in [4.78, 5) is 71.5. The highest BCUT2D eigenvalue weighted by atomic mass is 16.5. The third kappa shape index (κ3) is 8.65. The van der Waals surface area contributed by atoms with Crippen molar-refractivity contribution in [3.63, 3.8) is 0 Å². The fourth-order valence-electron chi connectivity index (χ4n) is 10.5. The van der Waals surface area contributed by atoms with E-state index in [-0.39, 0.29) is 47.9 Å². The van der Waals surface area contributed by atoms with Crippen molar-refractivity contribution in [1.82, 2.24) is 40.4 Å². The molecule has 0 saturated carbocycles. The van der Waals surface area contributed by atoms with Crippen molar-refractivity contribution in [2.24, 2.45) is 11.8 Å². The van der Waals surface area contributed by atoms with Gasteiger partial charge in [0.25, 0.3) is 0 Å². The van der Waals surface area contributed by atoms with E-state index in [0.717, 1.165) is 70.5 Å². The minimum atomic E-state index is -1.21. The van der Waals surface area contributed by atoms with Gasteiger partial charge in [-0.15, -0.1) is 0 Å². The molecule has 17 heteroatoms. The van der Waals surface area contributed by atoms with E-state index in [2.05, 4.69) is 70.8 Å². The first-order chi connectivity index (χ1) is 30.5. The predicted molar refractivity (Wildman–Crippen MR) is 229 cm³/mol. The number of rotatable bonds is 10. The van der Waals surface area contributed by atoms with Crippen LogP contribution in [0.3, 0.4) is 0 Å². The number of H-pyrrole nitrogens is 2. The molecule has 4 amide bonds. The van der Waals surface area contributed by atoms with E-state index in [4.69, 9.17) is 24.2 Å². The molecule has 5 aliphatic heterocycles. The second kappa shape index (κ2) is 18.1. The third-order valence-electron chi connectivity index (χ3n) is 13.8. The van der Waals surface area contributed by atoms with Gasteiger partial charge in [0.1, 0.15) is 23.7 Å². The number of benzene rings is 2. The minimum Gasteiger partial charge on any atom is -0.465 e. The summed E-state index contributed by atoms with van der Waals surface area (Å²) in [6, 6.07) is 10.4. The number of hydrogen-bond donors (Lipinski definition) is 6. The molecule has 4 aromatic rings. The molecule has 0 aliphatic carbocycles. The van der Waals surface area contributed by atoms with Crippen molar-refractivity contribution in [1.29, 1.82) is 0 Å². The van der Waals surface area contributed by atoms with Gasteiger partial charge in [0, 0.05) is 39.5 Å². The summed E-state index contributed by atoms with van der Waals surface area (Å²) < 4.78 is 17.6. The van der Waals surface area contributed by atoms with Gasteiger partial charge < -0.3 is 54.8 Å². The van der Waals surface area contributed by atoms with Gasteiger partial charge in [0.05, 0.1) is 48.1 Å². The molecule has 6 N–H and O–H groups in total. The maximum atomic E-state index is 13.9. The maximum absolute atomic E-state index is 13.9. The molecule has 0 spiro atoms. The lowest BCUT2D eigenvalue weighted by Gasteiger charge is -2.33. The third-order valence-corrected chi connectivity index (χ3v) is 13.8. The van der Waals surface area contributed by atoms with E-state index in [9.17, 15) is 29.4 Å². The molecule has 4 fully saturated rings. The standard InChI is InChI=1S/C46H56N8O9/c1-25-33-21-29(35-23-47-41(49-35)37-5-3-15-53(37)43(55)39(51-45(57)58)27-11-17-61-18-12-27)7-9-31(33)32-10-8-30(22-34(32)26(2)63-25)36-24-48-42(50-36)38-6-4-16-54(38)44(56)40(52-46(59)60)28-13-19-62-20-14-28/h7-10,21-28,37-40,51-52H,3-6,11-20H2,1-2H3,(H,47,49)(H,48,50)(H,57,58)(H,59,60)/t25?,26?,37-,38?,39-,40?/m0/s1. The van der Waals surface area contributed by atoms with E-state index in [1.807, 2.05) is 0 Å². The van der Waals surface area contributed by atoms with Crippen molar-refractivity contribution in [2.45, 2.75) is 102 Å². The summed E-state index contributed by atoms with van der Waals surface area (Å²) in [7, 11) is 0. The van der Waals surface area contributed by atoms with Crippen LogP contribution in [0.1, 0.15) is 112 Å². The topological polar surface area (TPSA) is 224 Å². The maximum Gasteiger partial charge on any atom is 0.405 e. The lowest BCUT2D eigenvalue weighted by atomic mass is 9.90. The first-order valence-electron chi connectivity index (χ1n) is 22.3. The van der Waals surface area contributed by atoms with Crippen LogP contribution in [0, 0.1) is 11.8 Å². The van der Waals surface area contributed by atoms with Crippen molar-refractivity contribution < 1.29 is 43.6 Å². The molecule has 9 rings (SSSR count). The molecular weight excluding hydrogens is 809 g/mol. The summed E-state index contributed by atoms with van der Waals surface area (Å²) in [5, 5.41) is 24.3. The zero-order valence-electron chi connectivity index (χ0n) is 35.7. The van der Waals surface area contributed by atoms with E-state index in [1.54, 1.807) is 22.2 Å². The molecule has 63 heavy (non-hydrogen) atoms. The molecule has 0 bridgehead atoms. The summed E-state index contributed by atoms with van der Waals surface area (Å²) >= 11 is 0. The van der Waals surface area contributed by atoms with Crippen molar-refractivity contribution >= 4 is 24.0 Å². The van der Waals surface area contributed by atoms with E-state index >= 15 is 0 Å². The number of amides is 4. The fraction of sp³-hybridized carbons (Fsp3) is 0.522. The summed E-state index contributed by atoms with van der Waals surface area (Å²) in [6.07, 6.45) is 6.22. The van der Waals surface area contributed by atoms with Crippen LogP contribution < -0.4 is 10.6 Å². The fourth-order valence-corrected chi connectivity index (χ4v) is 10.5. The second-order valence-corrected chi connectivity index (χ2v) is 17.5. The van der Waals surface area contributed by atoms with Gasteiger partial charge in [0.2, 0.25) is 11.8 Å². The minimum absolute atomic E-state index is 0.128. The largest absolute Gasteiger partial charge is 0.465 e. The lowest BCUT2D eigenvalue weighted by molar-refractivity contribution is -0.137. The van der Waals surface area contributed by atoms with Gasteiger partial charge in [-0.25, -0.2) is 19.6 Å². The number of carboxylic acid groups (broad SMARTS) is 2. The zero-order chi connectivity index (χ0) is 43.8. The monoisotopic (exact) mass is 864 g/mol. The number of imidazole rings is 2. The van der Waals surface area contributed by atoms with Crippen LogP contribution in [0.5, 0.6) is 0 Å². The normalized spacial score (nSPS) is 24.0. The van der Waals surface area contributed by atoms with Gasteiger partial charge >= 0.3 is 12.2 Å². The van der Waals surface area contributed by atoms with Crippen LogP contribution in [0.15, 0.2) is 48.8 Å². The molecule has 17 nitrogen and oxygen atoms in total. The Balaban J connectivity index is 0.932. The van der Waals surface area contributed by atoms with Crippen LogP contribution in [0.25, 0.3) is 33.6 Å². The Labute approximate surface area is 365 Å². The number of likely N-dealkylation sites (tertiary alicyclic amines) is 2. The molecule has 6 atom stereocenters. The average Bonchev–Trinajstić information content (AvgIpc) is 4.14. The summed E-state index contributed by atoms with van der Waals surface area (Å²) in [6.45, 7) is 7.19. The molecular formula is C46H56N8O9. The Morgan fingerprint density at radius 3 is 1.46 bits per heavy atom. The van der Waals surface area contributed by atoms with Crippen LogP contribution >= 0.6 is 0 Å². The first-order valence-corrected chi connectivity index (χ1v) is 22.3. The highest BCUT2D eigenvalue weighted by Gasteiger charge is 2.42. The first kappa shape index (κ1) is 42.5. The SMILES string of the molecule is CC1OC(C)c2cc(-c3cnc([C@@H]4CCCN4C(=O)[C@@H](NC(=O)O)C4CCOCC4)[nH]3)ccc2-c2ccc(-c3cnc(C4CCCN4C(=O)C(NC(=O)O)C4CCOCC4)[nH]3)cc21. The highest BCUT2D eigenvalue weighted by molar-refractivity contribution is 5.87.